The zero-order chi connectivity index (χ0) is 19.5. The summed E-state index contributed by atoms with van der Waals surface area (Å²) >= 11 is 0. The van der Waals surface area contributed by atoms with Gasteiger partial charge in [0.1, 0.15) is 0 Å². The molecule has 1 atom stereocenters. The average Bonchev–Trinajstić information content (AvgIpc) is 3.39. The van der Waals surface area contributed by atoms with Gasteiger partial charge in [0.2, 0.25) is 0 Å². The standard InChI is InChI=1S/C19H27N7O2/c1-23-14-17(11-21-23)16-4-8-24(9-5-16)18(27)19(28)25-7-2-3-15(12-25)13-26-10-6-20-22-26/h6,10-11,14-16H,2-5,7-9,12-13H2,1H3. The van der Waals surface area contributed by atoms with Crippen molar-refractivity contribution in [3.8, 4) is 0 Å². The van der Waals surface area contributed by atoms with Crippen LogP contribution in [0.5, 0.6) is 0 Å². The summed E-state index contributed by atoms with van der Waals surface area (Å²) in [5.41, 5.74) is 1.22. The average molecular weight is 385 g/mol. The Hall–Kier alpha value is -2.71. The van der Waals surface area contributed by atoms with E-state index in [1.165, 1.54) is 5.56 Å². The molecule has 9 heteroatoms. The van der Waals surface area contributed by atoms with Gasteiger partial charge in [0.05, 0.1) is 12.4 Å². The van der Waals surface area contributed by atoms with Crippen LogP contribution in [0.25, 0.3) is 0 Å². The number of nitrogens with zero attached hydrogens (tertiary/aromatic N) is 7. The zero-order valence-corrected chi connectivity index (χ0v) is 16.3. The quantitative estimate of drug-likeness (QED) is 0.724. The molecule has 9 nitrogen and oxygen atoms in total. The van der Waals surface area contributed by atoms with Crippen molar-refractivity contribution in [1.29, 1.82) is 0 Å². The Kier molecular flexibility index (Phi) is 5.40. The van der Waals surface area contributed by atoms with Crippen molar-refractivity contribution in [3.05, 3.63) is 30.4 Å². The molecule has 2 saturated heterocycles. The minimum atomic E-state index is -0.358. The third kappa shape index (κ3) is 4.07. The number of hydrogen-bond donors (Lipinski definition) is 0. The summed E-state index contributed by atoms with van der Waals surface area (Å²) < 4.78 is 3.60. The Morgan fingerprint density at radius 2 is 1.89 bits per heavy atom. The van der Waals surface area contributed by atoms with Gasteiger partial charge in [0, 0.05) is 52.2 Å². The summed E-state index contributed by atoms with van der Waals surface area (Å²) in [5, 5.41) is 12.1. The molecule has 0 bridgehead atoms. The molecule has 2 aromatic heterocycles. The molecule has 0 saturated carbocycles. The number of carbonyl (C=O) groups excluding carboxylic acids is 2. The number of hydrogen-bond acceptors (Lipinski definition) is 5. The molecule has 4 rings (SSSR count). The molecule has 0 radical (unpaired) electrons. The molecular formula is C19H27N7O2. The molecule has 2 amide bonds. The SMILES string of the molecule is Cn1cc(C2CCN(C(=O)C(=O)N3CCCC(Cn4ccnn4)C3)CC2)cn1. The first-order valence-electron chi connectivity index (χ1n) is 10.0. The summed E-state index contributed by atoms with van der Waals surface area (Å²) in [6, 6.07) is 0. The lowest BCUT2D eigenvalue weighted by molar-refractivity contribution is -0.153. The molecule has 4 heterocycles. The fraction of sp³-hybridized carbons (Fsp3) is 0.632. The maximum Gasteiger partial charge on any atom is 0.312 e. The molecule has 0 aromatic carbocycles. The fourth-order valence-electron chi connectivity index (χ4n) is 4.33. The highest BCUT2D eigenvalue weighted by Gasteiger charge is 2.33. The van der Waals surface area contributed by atoms with E-state index in [0.717, 1.165) is 32.2 Å². The first-order valence-corrected chi connectivity index (χ1v) is 10.0. The minimum absolute atomic E-state index is 0.309. The lowest BCUT2D eigenvalue weighted by Gasteiger charge is -2.35. The van der Waals surface area contributed by atoms with Crippen LogP contribution in [0.3, 0.4) is 0 Å². The van der Waals surface area contributed by atoms with Crippen LogP contribution in [0.15, 0.2) is 24.8 Å². The number of aromatic nitrogens is 5. The van der Waals surface area contributed by atoms with Crippen LogP contribution >= 0.6 is 0 Å². The Balaban J connectivity index is 1.30. The van der Waals surface area contributed by atoms with E-state index >= 15 is 0 Å². The van der Waals surface area contributed by atoms with Crippen LogP contribution in [0.4, 0.5) is 0 Å². The van der Waals surface area contributed by atoms with Crippen molar-refractivity contribution < 1.29 is 9.59 Å². The summed E-state index contributed by atoms with van der Waals surface area (Å²) in [6.45, 7) is 3.25. The van der Waals surface area contributed by atoms with E-state index in [-0.39, 0.29) is 11.8 Å². The molecule has 2 aliphatic rings. The zero-order valence-electron chi connectivity index (χ0n) is 16.3. The Morgan fingerprint density at radius 1 is 1.11 bits per heavy atom. The summed E-state index contributed by atoms with van der Waals surface area (Å²) in [7, 11) is 1.91. The number of likely N-dealkylation sites (tertiary alicyclic amines) is 2. The Labute approximate surface area is 164 Å². The predicted octanol–water partition coefficient (Wildman–Crippen LogP) is 0.656. The van der Waals surface area contributed by atoms with Gasteiger partial charge in [-0.25, -0.2) is 0 Å². The molecule has 1 unspecified atom stereocenters. The maximum atomic E-state index is 12.8. The number of carbonyl (C=O) groups is 2. The van der Waals surface area contributed by atoms with Gasteiger partial charge in [-0.2, -0.15) is 5.10 Å². The van der Waals surface area contributed by atoms with Gasteiger partial charge in [0.25, 0.3) is 0 Å². The molecule has 0 N–H and O–H groups in total. The fourth-order valence-corrected chi connectivity index (χ4v) is 4.33. The van der Waals surface area contributed by atoms with Gasteiger partial charge >= 0.3 is 11.8 Å². The van der Waals surface area contributed by atoms with Crippen molar-refractivity contribution in [2.24, 2.45) is 13.0 Å². The number of aryl methyl sites for hydroxylation is 1. The lowest BCUT2D eigenvalue weighted by Crippen LogP contribution is -2.50. The third-order valence-corrected chi connectivity index (χ3v) is 5.88. The van der Waals surface area contributed by atoms with E-state index in [2.05, 4.69) is 15.4 Å². The monoisotopic (exact) mass is 385 g/mol. The van der Waals surface area contributed by atoms with Crippen LogP contribution in [-0.4, -0.2) is 72.6 Å². The second kappa shape index (κ2) is 8.12. The maximum absolute atomic E-state index is 12.8. The highest BCUT2D eigenvalue weighted by molar-refractivity contribution is 6.34. The van der Waals surface area contributed by atoms with Gasteiger partial charge in [0.15, 0.2) is 0 Å². The molecule has 0 aliphatic carbocycles. The molecule has 150 valence electrons. The molecule has 0 spiro atoms. The smallest absolute Gasteiger partial charge is 0.312 e. The van der Waals surface area contributed by atoms with Crippen LogP contribution in [0.2, 0.25) is 0 Å². The van der Waals surface area contributed by atoms with Gasteiger partial charge in [-0.15, -0.1) is 5.10 Å². The highest BCUT2D eigenvalue weighted by atomic mass is 16.2. The van der Waals surface area contributed by atoms with E-state index in [0.29, 0.717) is 38.0 Å². The van der Waals surface area contributed by atoms with Crippen LogP contribution in [0, 0.1) is 5.92 Å². The summed E-state index contributed by atoms with van der Waals surface area (Å²) in [5.74, 6) is 0.00702. The Morgan fingerprint density at radius 3 is 2.57 bits per heavy atom. The lowest BCUT2D eigenvalue weighted by atomic mass is 9.91. The molecule has 28 heavy (non-hydrogen) atoms. The van der Waals surface area contributed by atoms with E-state index in [1.54, 1.807) is 20.7 Å². The van der Waals surface area contributed by atoms with Crippen molar-refractivity contribution in [2.45, 2.75) is 38.1 Å². The summed E-state index contributed by atoms with van der Waals surface area (Å²) in [4.78, 5) is 29.0. The van der Waals surface area contributed by atoms with E-state index < -0.39 is 0 Å². The molecule has 2 aliphatic heterocycles. The van der Waals surface area contributed by atoms with Crippen molar-refractivity contribution in [3.63, 3.8) is 0 Å². The highest BCUT2D eigenvalue weighted by Crippen LogP contribution is 2.28. The van der Waals surface area contributed by atoms with Gasteiger partial charge in [-0.3, -0.25) is 19.0 Å². The first-order chi connectivity index (χ1) is 13.6. The van der Waals surface area contributed by atoms with Crippen molar-refractivity contribution in [1.82, 2.24) is 34.6 Å². The van der Waals surface area contributed by atoms with Crippen molar-refractivity contribution in [2.75, 3.05) is 26.2 Å². The third-order valence-electron chi connectivity index (χ3n) is 5.88. The van der Waals surface area contributed by atoms with Crippen LogP contribution in [0.1, 0.15) is 37.2 Å². The van der Waals surface area contributed by atoms with Crippen LogP contribution in [-0.2, 0) is 23.2 Å². The number of amides is 2. The van der Waals surface area contributed by atoms with E-state index in [1.807, 2.05) is 30.3 Å². The number of rotatable bonds is 3. The molecule has 2 fully saturated rings. The van der Waals surface area contributed by atoms with Gasteiger partial charge in [-0.1, -0.05) is 5.21 Å². The predicted molar refractivity (Wildman–Crippen MR) is 101 cm³/mol. The summed E-state index contributed by atoms with van der Waals surface area (Å²) in [6.07, 6.45) is 11.1. The molecular weight excluding hydrogens is 358 g/mol. The van der Waals surface area contributed by atoms with Crippen molar-refractivity contribution >= 4 is 11.8 Å². The van der Waals surface area contributed by atoms with Crippen LogP contribution < -0.4 is 0 Å². The largest absolute Gasteiger partial charge is 0.334 e. The first kappa shape index (κ1) is 18.6. The van der Waals surface area contributed by atoms with Gasteiger partial charge in [-0.05, 0) is 43.1 Å². The van der Waals surface area contributed by atoms with E-state index in [9.17, 15) is 9.59 Å². The van der Waals surface area contributed by atoms with Gasteiger partial charge < -0.3 is 9.80 Å². The number of piperidine rings is 2. The second-order valence-electron chi connectivity index (χ2n) is 7.90. The minimum Gasteiger partial charge on any atom is -0.334 e. The normalized spacial score (nSPS) is 21.1. The topological polar surface area (TPSA) is 89.2 Å². The Bertz CT molecular complexity index is 808. The van der Waals surface area contributed by atoms with E-state index in [4.69, 9.17) is 0 Å². The molecule has 2 aromatic rings. The second-order valence-corrected chi connectivity index (χ2v) is 7.90.